The van der Waals surface area contributed by atoms with Crippen molar-refractivity contribution in [1.29, 1.82) is 0 Å². The number of carbonyl (C=O) groups is 1. The summed E-state index contributed by atoms with van der Waals surface area (Å²) in [4.78, 5) is 20.3. The van der Waals surface area contributed by atoms with Gasteiger partial charge in [-0.1, -0.05) is 52.8 Å². The molecule has 0 heterocycles. The van der Waals surface area contributed by atoms with Crippen LogP contribution < -0.4 is 0 Å². The number of carbonyl (C=O) groups excluding carboxylic acids is 1. The van der Waals surface area contributed by atoms with E-state index in [1.54, 1.807) is 0 Å². The maximum Gasteiger partial charge on any atom is 0.365 e. The Labute approximate surface area is 131 Å². The topological polar surface area (TPSA) is 35.5 Å². The Hall–Kier alpha value is -0.170. The van der Waals surface area contributed by atoms with E-state index < -0.39 is 9.39 Å². The molecule has 0 N–H and O–H groups in total. The van der Waals surface area contributed by atoms with Crippen LogP contribution in [0.25, 0.3) is 0 Å². The number of rotatable bonds is 6. The van der Waals surface area contributed by atoms with E-state index >= 15 is 0 Å². The summed E-state index contributed by atoms with van der Waals surface area (Å²) >= 11 is 10.1. The smallest absolute Gasteiger partial charge is 0.291 e. The summed E-state index contributed by atoms with van der Waals surface area (Å²) in [5.41, 5.74) is 1.13. The van der Waals surface area contributed by atoms with Crippen LogP contribution in [0.5, 0.6) is 0 Å². The van der Waals surface area contributed by atoms with Gasteiger partial charge in [0.2, 0.25) is 3.42 Å². The fourth-order valence-corrected chi connectivity index (χ4v) is 2.03. The van der Waals surface area contributed by atoms with E-state index in [4.69, 9.17) is 4.89 Å². The SMILES string of the molecule is C=CC(=O)OOC(Br)(Br)C(Br)Cc1ccccc1. The zero-order valence-electron chi connectivity index (χ0n) is 9.31. The van der Waals surface area contributed by atoms with Crippen LogP contribution in [0.1, 0.15) is 5.56 Å². The zero-order valence-corrected chi connectivity index (χ0v) is 14.1. The fraction of sp³-hybridized carbons (Fsp3) is 0.250. The number of benzene rings is 1. The van der Waals surface area contributed by atoms with Crippen LogP contribution in [0.2, 0.25) is 0 Å². The Balaban J connectivity index is 2.56. The zero-order chi connectivity index (χ0) is 13.6. The molecule has 0 aliphatic rings. The van der Waals surface area contributed by atoms with Crippen molar-refractivity contribution in [2.45, 2.75) is 14.7 Å². The second kappa shape index (κ2) is 7.43. The van der Waals surface area contributed by atoms with Crippen molar-refractivity contribution in [3.63, 3.8) is 0 Å². The summed E-state index contributed by atoms with van der Waals surface area (Å²) in [6.07, 6.45) is 1.71. The number of halogens is 3. The van der Waals surface area contributed by atoms with E-state index in [9.17, 15) is 4.79 Å². The van der Waals surface area contributed by atoms with E-state index in [1.165, 1.54) is 0 Å². The fourth-order valence-electron chi connectivity index (χ4n) is 1.12. The lowest BCUT2D eigenvalue weighted by Crippen LogP contribution is -2.31. The predicted octanol–water partition coefficient (Wildman–Crippen LogP) is 4.10. The molecule has 0 bridgehead atoms. The highest BCUT2D eigenvalue weighted by molar-refractivity contribution is 9.26. The van der Waals surface area contributed by atoms with Gasteiger partial charge in [-0.2, -0.15) is 4.89 Å². The van der Waals surface area contributed by atoms with Gasteiger partial charge < -0.3 is 0 Å². The molecule has 1 aromatic carbocycles. The molecular weight excluding hydrogens is 432 g/mol. The summed E-state index contributed by atoms with van der Waals surface area (Å²) in [6.45, 7) is 3.28. The van der Waals surface area contributed by atoms with Crippen LogP contribution in [-0.2, 0) is 21.0 Å². The lowest BCUT2D eigenvalue weighted by Gasteiger charge is -2.24. The van der Waals surface area contributed by atoms with Gasteiger partial charge in [-0.15, -0.1) is 0 Å². The van der Waals surface area contributed by atoms with Crippen molar-refractivity contribution < 1.29 is 14.6 Å². The standard InChI is InChI=1S/C12H11Br3O3/c1-2-11(16)17-18-12(14,15)10(13)8-9-6-4-3-5-7-9/h2-7,10H,1,8H2. The summed E-state index contributed by atoms with van der Waals surface area (Å²) in [6, 6.07) is 9.86. The first kappa shape index (κ1) is 15.9. The van der Waals surface area contributed by atoms with Crippen LogP contribution in [0.4, 0.5) is 0 Å². The minimum Gasteiger partial charge on any atom is -0.291 e. The maximum atomic E-state index is 10.9. The Morgan fingerprint density at radius 3 is 2.56 bits per heavy atom. The summed E-state index contributed by atoms with van der Waals surface area (Å²) < 4.78 is -1.01. The molecule has 0 fully saturated rings. The van der Waals surface area contributed by atoms with Gasteiger partial charge in [-0.3, -0.25) is 4.89 Å². The van der Waals surface area contributed by atoms with Crippen molar-refractivity contribution in [3.05, 3.63) is 48.6 Å². The third-order valence-electron chi connectivity index (χ3n) is 2.02. The Morgan fingerprint density at radius 2 is 2.00 bits per heavy atom. The van der Waals surface area contributed by atoms with Crippen LogP contribution >= 0.6 is 47.8 Å². The van der Waals surface area contributed by atoms with Crippen molar-refractivity contribution in [1.82, 2.24) is 0 Å². The second-order valence-electron chi connectivity index (χ2n) is 3.41. The minimum absolute atomic E-state index is 0.148. The molecule has 1 rings (SSSR count). The molecule has 0 radical (unpaired) electrons. The average molecular weight is 443 g/mol. The van der Waals surface area contributed by atoms with E-state index in [-0.39, 0.29) is 4.83 Å². The number of hydrogen-bond donors (Lipinski definition) is 0. The first-order valence-corrected chi connectivity index (χ1v) is 7.53. The highest BCUT2D eigenvalue weighted by Crippen LogP contribution is 2.38. The van der Waals surface area contributed by atoms with Crippen molar-refractivity contribution in [3.8, 4) is 0 Å². The molecule has 0 saturated heterocycles. The first-order valence-electron chi connectivity index (χ1n) is 5.03. The van der Waals surface area contributed by atoms with Gasteiger partial charge in [0.25, 0.3) is 0 Å². The van der Waals surface area contributed by atoms with Crippen molar-refractivity contribution in [2.24, 2.45) is 0 Å². The molecule has 0 saturated carbocycles. The predicted molar refractivity (Wildman–Crippen MR) is 80.8 cm³/mol. The monoisotopic (exact) mass is 440 g/mol. The Morgan fingerprint density at radius 1 is 1.39 bits per heavy atom. The second-order valence-corrected chi connectivity index (χ2v) is 7.93. The third kappa shape index (κ3) is 5.22. The molecule has 0 amide bonds. The van der Waals surface area contributed by atoms with E-state index in [1.807, 2.05) is 30.3 Å². The van der Waals surface area contributed by atoms with Gasteiger partial charge in [-0.25, -0.2) is 4.79 Å². The third-order valence-corrected chi connectivity index (χ3v) is 5.59. The average Bonchev–Trinajstić information content (AvgIpc) is 2.37. The van der Waals surface area contributed by atoms with Gasteiger partial charge >= 0.3 is 5.97 Å². The lowest BCUT2D eigenvalue weighted by molar-refractivity contribution is -0.280. The van der Waals surface area contributed by atoms with Crippen LogP contribution in [-0.4, -0.2) is 14.2 Å². The molecule has 1 unspecified atom stereocenters. The largest absolute Gasteiger partial charge is 0.365 e. The number of alkyl halides is 3. The molecule has 0 spiro atoms. The summed E-state index contributed by atoms with van der Waals surface area (Å²) in [5.74, 6) is -0.655. The minimum atomic E-state index is -1.01. The van der Waals surface area contributed by atoms with Gasteiger partial charge in [-0.05, 0) is 43.8 Å². The molecule has 98 valence electrons. The Bertz CT molecular complexity index is 406. The normalized spacial score (nSPS) is 12.8. The van der Waals surface area contributed by atoms with Gasteiger partial charge in [0, 0.05) is 6.08 Å². The van der Waals surface area contributed by atoms with Gasteiger partial charge in [0.05, 0.1) is 4.83 Å². The molecule has 1 atom stereocenters. The highest BCUT2D eigenvalue weighted by atomic mass is 79.9. The lowest BCUT2D eigenvalue weighted by atomic mass is 10.1. The van der Waals surface area contributed by atoms with E-state index in [0.29, 0.717) is 6.42 Å². The summed E-state index contributed by atoms with van der Waals surface area (Å²) in [7, 11) is 0. The van der Waals surface area contributed by atoms with Gasteiger partial charge in [0.15, 0.2) is 0 Å². The Kier molecular flexibility index (Phi) is 6.55. The molecular formula is C12H11Br3O3. The van der Waals surface area contributed by atoms with Crippen LogP contribution in [0.15, 0.2) is 43.0 Å². The highest BCUT2D eigenvalue weighted by Gasteiger charge is 2.35. The van der Waals surface area contributed by atoms with Crippen molar-refractivity contribution >= 4 is 53.8 Å². The summed E-state index contributed by atoms with van der Waals surface area (Å²) in [5, 5.41) is 0. The molecule has 3 nitrogen and oxygen atoms in total. The number of hydrogen-bond acceptors (Lipinski definition) is 3. The van der Waals surface area contributed by atoms with Gasteiger partial charge in [0.1, 0.15) is 0 Å². The van der Waals surface area contributed by atoms with Crippen LogP contribution in [0.3, 0.4) is 0 Å². The molecule has 0 aromatic heterocycles. The first-order chi connectivity index (χ1) is 8.45. The molecule has 1 aromatic rings. The molecule has 6 heteroatoms. The molecule has 0 aliphatic carbocycles. The molecule has 0 aliphatic heterocycles. The van der Waals surface area contributed by atoms with E-state index in [2.05, 4.69) is 59.3 Å². The quantitative estimate of drug-likeness (QED) is 0.288. The van der Waals surface area contributed by atoms with Crippen LogP contribution in [0, 0.1) is 0 Å². The maximum absolute atomic E-state index is 10.9. The molecule has 18 heavy (non-hydrogen) atoms. The van der Waals surface area contributed by atoms with Crippen molar-refractivity contribution in [2.75, 3.05) is 0 Å². The van der Waals surface area contributed by atoms with E-state index in [0.717, 1.165) is 11.6 Å².